The van der Waals surface area contributed by atoms with Crippen LogP contribution in [0.15, 0.2) is 60.9 Å². The molecule has 0 bridgehead atoms. The molecule has 3 N–H and O–H groups in total. The van der Waals surface area contributed by atoms with Crippen molar-refractivity contribution in [1.82, 2.24) is 15.1 Å². The molecule has 0 spiro atoms. The summed E-state index contributed by atoms with van der Waals surface area (Å²) in [5, 5.41) is 17.7. The molecule has 0 unspecified atom stereocenters. The van der Waals surface area contributed by atoms with Crippen molar-refractivity contribution in [2.45, 2.75) is 12.5 Å². The first-order chi connectivity index (χ1) is 16.5. The van der Waals surface area contributed by atoms with Crippen LogP contribution in [0.25, 0.3) is 11.1 Å². The Morgan fingerprint density at radius 3 is 2.38 bits per heavy atom. The molecule has 1 aromatic heterocycles. The smallest absolute Gasteiger partial charge is 0.407 e. The zero-order valence-electron chi connectivity index (χ0n) is 18.3. The van der Waals surface area contributed by atoms with E-state index in [4.69, 9.17) is 14.6 Å². The Kier molecular flexibility index (Phi) is 7.19. The summed E-state index contributed by atoms with van der Waals surface area (Å²) in [6, 6.07) is 16.2. The van der Waals surface area contributed by atoms with Gasteiger partial charge in [-0.3, -0.25) is 14.3 Å². The second-order valence-electron chi connectivity index (χ2n) is 7.67. The lowest BCUT2D eigenvalue weighted by Crippen LogP contribution is -2.30. The van der Waals surface area contributed by atoms with Gasteiger partial charge in [0.15, 0.2) is 0 Å². The van der Waals surface area contributed by atoms with E-state index >= 15 is 0 Å². The van der Waals surface area contributed by atoms with Gasteiger partial charge in [0.1, 0.15) is 19.8 Å². The molecular formula is C24H24N4O6. The number of hydrogen-bond donors (Lipinski definition) is 3. The number of anilines is 1. The topological polar surface area (TPSA) is 132 Å². The molecule has 34 heavy (non-hydrogen) atoms. The van der Waals surface area contributed by atoms with Crippen molar-refractivity contribution in [3.63, 3.8) is 0 Å². The molecule has 10 nitrogen and oxygen atoms in total. The van der Waals surface area contributed by atoms with Crippen LogP contribution in [0.5, 0.6) is 0 Å². The molecule has 2 amide bonds. The average molecular weight is 464 g/mol. The van der Waals surface area contributed by atoms with E-state index in [1.807, 2.05) is 24.3 Å². The van der Waals surface area contributed by atoms with Gasteiger partial charge in [0.05, 0.1) is 18.5 Å². The SMILES string of the molecule is O=C(O)Cn1cc(NC(=O)COCCNC(=O)OCC2c3ccccc3-c3ccccc32)cn1. The number of nitrogens with one attached hydrogen (secondary N) is 2. The van der Waals surface area contributed by atoms with Crippen LogP contribution >= 0.6 is 0 Å². The molecule has 0 aliphatic heterocycles. The predicted molar refractivity (Wildman–Crippen MR) is 122 cm³/mol. The highest BCUT2D eigenvalue weighted by atomic mass is 16.5. The van der Waals surface area contributed by atoms with Crippen LogP contribution in [0.1, 0.15) is 17.0 Å². The first kappa shape index (κ1) is 23.0. The monoisotopic (exact) mass is 464 g/mol. The molecule has 10 heteroatoms. The third kappa shape index (κ3) is 5.59. The van der Waals surface area contributed by atoms with Crippen LogP contribution in [0.4, 0.5) is 10.5 Å². The number of alkyl carbamates (subject to hydrolysis) is 1. The van der Waals surface area contributed by atoms with E-state index in [0.717, 1.165) is 22.3 Å². The van der Waals surface area contributed by atoms with E-state index < -0.39 is 18.0 Å². The van der Waals surface area contributed by atoms with Gasteiger partial charge in [0, 0.05) is 18.7 Å². The van der Waals surface area contributed by atoms with Gasteiger partial charge in [-0.15, -0.1) is 0 Å². The number of amides is 2. The molecule has 0 saturated heterocycles. The lowest BCUT2D eigenvalue weighted by molar-refractivity contribution is -0.137. The number of carboxylic acids is 1. The number of hydrogen-bond acceptors (Lipinski definition) is 6. The van der Waals surface area contributed by atoms with Gasteiger partial charge in [-0.25, -0.2) is 4.79 Å². The standard InChI is InChI=1S/C24H24N4O6/c29-22(27-16-11-26-28(12-16)13-23(30)31)15-33-10-9-25-24(32)34-14-21-19-7-3-1-5-17(19)18-6-2-4-8-20(18)21/h1-8,11-12,21H,9-10,13-15H2,(H,25,32)(H,27,29)(H,30,31). The highest BCUT2D eigenvalue weighted by Gasteiger charge is 2.28. The van der Waals surface area contributed by atoms with Crippen molar-refractivity contribution in [2.75, 3.05) is 31.7 Å². The predicted octanol–water partition coefficient (Wildman–Crippen LogP) is 2.46. The Morgan fingerprint density at radius 2 is 1.71 bits per heavy atom. The van der Waals surface area contributed by atoms with Crippen LogP contribution in [-0.2, 0) is 25.6 Å². The van der Waals surface area contributed by atoms with Crippen molar-refractivity contribution in [3.8, 4) is 11.1 Å². The molecule has 0 fully saturated rings. The zero-order chi connectivity index (χ0) is 23.9. The van der Waals surface area contributed by atoms with Crippen LogP contribution in [-0.4, -0.2) is 59.2 Å². The summed E-state index contributed by atoms with van der Waals surface area (Å²) in [6.45, 7) is -0.000533. The van der Waals surface area contributed by atoms with Gasteiger partial charge < -0.3 is 25.2 Å². The van der Waals surface area contributed by atoms with E-state index in [9.17, 15) is 14.4 Å². The molecule has 1 heterocycles. The molecule has 1 aliphatic rings. The Morgan fingerprint density at radius 1 is 1.03 bits per heavy atom. The lowest BCUT2D eigenvalue weighted by atomic mass is 9.98. The largest absolute Gasteiger partial charge is 0.480 e. The van der Waals surface area contributed by atoms with Gasteiger partial charge in [-0.1, -0.05) is 48.5 Å². The zero-order valence-corrected chi connectivity index (χ0v) is 18.3. The Hall–Kier alpha value is -4.18. The van der Waals surface area contributed by atoms with E-state index in [1.54, 1.807) is 0 Å². The average Bonchev–Trinajstić information content (AvgIpc) is 3.38. The number of carbonyl (C=O) groups is 3. The maximum Gasteiger partial charge on any atom is 0.407 e. The van der Waals surface area contributed by atoms with Crippen molar-refractivity contribution in [3.05, 3.63) is 72.1 Å². The number of benzene rings is 2. The summed E-state index contributed by atoms with van der Waals surface area (Å²) in [4.78, 5) is 34.7. The van der Waals surface area contributed by atoms with Crippen molar-refractivity contribution in [1.29, 1.82) is 0 Å². The normalized spacial score (nSPS) is 12.0. The molecule has 4 rings (SSSR count). The van der Waals surface area contributed by atoms with Crippen LogP contribution in [0.2, 0.25) is 0 Å². The number of nitrogens with zero attached hydrogens (tertiary/aromatic N) is 2. The van der Waals surface area contributed by atoms with Crippen LogP contribution < -0.4 is 10.6 Å². The third-order valence-corrected chi connectivity index (χ3v) is 5.31. The molecule has 0 atom stereocenters. The highest BCUT2D eigenvalue weighted by Crippen LogP contribution is 2.44. The molecular weight excluding hydrogens is 440 g/mol. The lowest BCUT2D eigenvalue weighted by Gasteiger charge is -2.14. The fourth-order valence-corrected chi connectivity index (χ4v) is 3.89. The van der Waals surface area contributed by atoms with Crippen LogP contribution in [0, 0.1) is 0 Å². The summed E-state index contributed by atoms with van der Waals surface area (Å²) < 4.78 is 11.9. The molecule has 176 valence electrons. The molecule has 2 aromatic carbocycles. The second kappa shape index (κ2) is 10.6. The van der Waals surface area contributed by atoms with Crippen LogP contribution in [0.3, 0.4) is 0 Å². The minimum Gasteiger partial charge on any atom is -0.480 e. The van der Waals surface area contributed by atoms with E-state index in [2.05, 4.69) is 40.0 Å². The molecule has 0 saturated carbocycles. The summed E-state index contributed by atoms with van der Waals surface area (Å²) in [6.07, 6.45) is 2.20. The molecule has 0 radical (unpaired) electrons. The first-order valence-electron chi connectivity index (χ1n) is 10.7. The number of carboxylic acid groups (broad SMARTS) is 1. The number of ether oxygens (including phenoxy) is 2. The summed E-state index contributed by atoms with van der Waals surface area (Å²) in [7, 11) is 0. The van der Waals surface area contributed by atoms with Gasteiger partial charge in [-0.2, -0.15) is 5.10 Å². The quantitative estimate of drug-likeness (QED) is 0.393. The Balaban J connectivity index is 1.15. The first-order valence-corrected chi connectivity index (χ1v) is 10.7. The minimum absolute atomic E-state index is 0.0158. The number of aromatic nitrogens is 2. The van der Waals surface area contributed by atoms with Gasteiger partial charge in [0.25, 0.3) is 0 Å². The van der Waals surface area contributed by atoms with E-state index in [-0.39, 0.29) is 38.8 Å². The van der Waals surface area contributed by atoms with Crippen molar-refractivity contribution in [2.24, 2.45) is 0 Å². The van der Waals surface area contributed by atoms with Crippen molar-refractivity contribution >= 4 is 23.7 Å². The minimum atomic E-state index is -1.03. The molecule has 3 aromatic rings. The number of aliphatic carboxylic acids is 1. The summed E-state index contributed by atoms with van der Waals surface area (Å²) in [5.74, 6) is -1.47. The highest BCUT2D eigenvalue weighted by molar-refractivity contribution is 5.91. The van der Waals surface area contributed by atoms with Gasteiger partial charge in [0.2, 0.25) is 5.91 Å². The van der Waals surface area contributed by atoms with Gasteiger partial charge >= 0.3 is 12.1 Å². The second-order valence-corrected chi connectivity index (χ2v) is 7.67. The summed E-state index contributed by atoms with van der Waals surface area (Å²) in [5.41, 5.74) is 4.96. The number of fused-ring (bicyclic) bond motifs is 3. The number of rotatable bonds is 10. The third-order valence-electron chi connectivity index (χ3n) is 5.31. The van der Waals surface area contributed by atoms with Gasteiger partial charge in [-0.05, 0) is 22.3 Å². The maximum atomic E-state index is 12.1. The van der Waals surface area contributed by atoms with Crippen molar-refractivity contribution < 1.29 is 29.0 Å². The maximum absolute atomic E-state index is 12.1. The Bertz CT molecular complexity index is 1150. The van der Waals surface area contributed by atoms with E-state index in [0.29, 0.717) is 5.69 Å². The van der Waals surface area contributed by atoms with E-state index in [1.165, 1.54) is 17.1 Å². The summed E-state index contributed by atoms with van der Waals surface area (Å²) >= 11 is 0. The fraction of sp³-hybridized carbons (Fsp3) is 0.250. The fourth-order valence-electron chi connectivity index (χ4n) is 3.89. The number of carbonyl (C=O) groups excluding carboxylic acids is 2. The Labute approximate surface area is 195 Å². The molecule has 1 aliphatic carbocycles.